The second kappa shape index (κ2) is 6.02. The highest BCUT2D eigenvalue weighted by Gasteiger charge is 2.14. The quantitative estimate of drug-likeness (QED) is 0.899. The highest BCUT2D eigenvalue weighted by molar-refractivity contribution is 7.09. The molecule has 2 rings (SSSR count). The van der Waals surface area contributed by atoms with Crippen LogP contribution in [-0.2, 0) is 6.42 Å². The number of thiazole rings is 1. The van der Waals surface area contributed by atoms with Gasteiger partial charge in [-0.15, -0.1) is 11.3 Å². The Morgan fingerprint density at radius 2 is 2.11 bits per heavy atom. The molecule has 0 spiro atoms. The average Bonchev–Trinajstić information content (AvgIpc) is 2.75. The first-order valence-corrected chi connectivity index (χ1v) is 7.00. The summed E-state index contributed by atoms with van der Waals surface area (Å²) in [7, 11) is 0. The van der Waals surface area contributed by atoms with Gasteiger partial charge >= 0.3 is 0 Å². The smallest absolute Gasteiger partial charge is 0.0897 e. The number of nitrogens with zero attached hydrogens (tertiary/aromatic N) is 3. The molecule has 0 aliphatic heterocycles. The number of rotatable bonds is 5. The molecule has 5 heteroatoms. The van der Waals surface area contributed by atoms with Gasteiger partial charge < -0.3 is 5.32 Å². The van der Waals surface area contributed by atoms with Crippen molar-refractivity contribution in [1.29, 1.82) is 0 Å². The van der Waals surface area contributed by atoms with E-state index in [-0.39, 0.29) is 6.04 Å². The van der Waals surface area contributed by atoms with E-state index in [1.165, 1.54) is 0 Å². The Bertz CT molecular complexity index is 492. The van der Waals surface area contributed by atoms with Gasteiger partial charge in [-0.1, -0.05) is 6.92 Å². The van der Waals surface area contributed by atoms with Gasteiger partial charge in [-0.3, -0.25) is 9.97 Å². The summed E-state index contributed by atoms with van der Waals surface area (Å²) in [4.78, 5) is 13.3. The molecule has 2 heterocycles. The van der Waals surface area contributed by atoms with Crippen LogP contribution in [0.5, 0.6) is 0 Å². The molecule has 2 aromatic rings. The van der Waals surface area contributed by atoms with Crippen molar-refractivity contribution in [3.63, 3.8) is 0 Å². The van der Waals surface area contributed by atoms with E-state index < -0.39 is 0 Å². The van der Waals surface area contributed by atoms with Crippen LogP contribution in [0.1, 0.15) is 35.1 Å². The van der Waals surface area contributed by atoms with E-state index in [1.807, 2.05) is 26.2 Å². The van der Waals surface area contributed by atoms with Gasteiger partial charge in [-0.05, 0) is 20.4 Å². The van der Waals surface area contributed by atoms with E-state index in [1.54, 1.807) is 11.3 Å². The second-order valence-corrected chi connectivity index (χ2v) is 5.32. The van der Waals surface area contributed by atoms with E-state index in [0.717, 1.165) is 35.1 Å². The summed E-state index contributed by atoms with van der Waals surface area (Å²) in [6.45, 7) is 6.98. The minimum atomic E-state index is 0.185. The Balaban J connectivity index is 2.14. The molecule has 0 radical (unpaired) electrons. The number of hydrogen-bond donors (Lipinski definition) is 1. The first-order valence-electron chi connectivity index (χ1n) is 6.12. The minimum Gasteiger partial charge on any atom is -0.309 e. The van der Waals surface area contributed by atoms with E-state index in [2.05, 4.69) is 32.6 Å². The molecule has 1 unspecified atom stereocenters. The van der Waals surface area contributed by atoms with Crippen molar-refractivity contribution in [3.8, 4) is 0 Å². The van der Waals surface area contributed by atoms with Crippen molar-refractivity contribution in [2.45, 2.75) is 33.2 Å². The molecular weight excluding hydrogens is 244 g/mol. The van der Waals surface area contributed by atoms with Crippen molar-refractivity contribution in [2.75, 3.05) is 6.54 Å². The molecule has 0 fully saturated rings. The zero-order valence-corrected chi connectivity index (χ0v) is 11.8. The van der Waals surface area contributed by atoms with Crippen LogP contribution in [0.4, 0.5) is 0 Å². The van der Waals surface area contributed by atoms with E-state index in [9.17, 15) is 0 Å². The number of nitrogens with one attached hydrogen (secondary N) is 1. The Kier molecular flexibility index (Phi) is 4.38. The Hall–Kier alpha value is -1.33. The van der Waals surface area contributed by atoms with Crippen molar-refractivity contribution in [3.05, 3.63) is 39.9 Å². The standard InChI is InChI=1S/C13H18N4S/c1-4-14-12(5-11-8-18-10(3)17-11)13-7-15-9(2)6-16-13/h6-8,12,14H,4-5H2,1-3H3. The van der Waals surface area contributed by atoms with E-state index in [0.29, 0.717) is 0 Å². The molecule has 4 nitrogen and oxygen atoms in total. The third-order valence-electron chi connectivity index (χ3n) is 2.69. The lowest BCUT2D eigenvalue weighted by Crippen LogP contribution is -2.24. The lowest BCUT2D eigenvalue weighted by atomic mass is 10.1. The predicted octanol–water partition coefficient (Wildman–Crippen LogP) is 2.44. The lowest BCUT2D eigenvalue weighted by molar-refractivity contribution is 0.529. The fourth-order valence-electron chi connectivity index (χ4n) is 1.82. The molecule has 2 aromatic heterocycles. The number of likely N-dealkylation sites (N-methyl/N-ethyl adjacent to an activating group) is 1. The molecule has 1 N–H and O–H groups in total. The summed E-state index contributed by atoms with van der Waals surface area (Å²) in [5.41, 5.74) is 3.04. The average molecular weight is 262 g/mol. The molecule has 0 saturated heterocycles. The van der Waals surface area contributed by atoms with Gasteiger partial charge in [0.05, 0.1) is 34.3 Å². The first-order chi connectivity index (χ1) is 8.69. The van der Waals surface area contributed by atoms with Gasteiger partial charge in [0.25, 0.3) is 0 Å². The zero-order valence-electron chi connectivity index (χ0n) is 11.0. The van der Waals surface area contributed by atoms with Crippen LogP contribution in [0.25, 0.3) is 0 Å². The molecule has 1 atom stereocenters. The van der Waals surface area contributed by atoms with Crippen LogP contribution in [0.15, 0.2) is 17.8 Å². The fraction of sp³-hybridized carbons (Fsp3) is 0.462. The first kappa shape index (κ1) is 13.1. The zero-order chi connectivity index (χ0) is 13.0. The third kappa shape index (κ3) is 3.34. The SMILES string of the molecule is CCNC(Cc1csc(C)n1)c1cnc(C)cn1. The summed E-state index contributed by atoms with van der Waals surface area (Å²) in [5.74, 6) is 0. The molecule has 0 amide bonds. The maximum absolute atomic E-state index is 4.51. The van der Waals surface area contributed by atoms with Gasteiger partial charge in [-0.25, -0.2) is 4.98 Å². The maximum atomic E-state index is 4.51. The van der Waals surface area contributed by atoms with Crippen molar-refractivity contribution in [1.82, 2.24) is 20.3 Å². The summed E-state index contributed by atoms with van der Waals surface area (Å²) < 4.78 is 0. The number of hydrogen-bond acceptors (Lipinski definition) is 5. The van der Waals surface area contributed by atoms with Crippen LogP contribution in [0.2, 0.25) is 0 Å². The van der Waals surface area contributed by atoms with Crippen LogP contribution < -0.4 is 5.32 Å². The molecule has 18 heavy (non-hydrogen) atoms. The lowest BCUT2D eigenvalue weighted by Gasteiger charge is -2.15. The molecule has 0 saturated carbocycles. The molecule has 0 bridgehead atoms. The highest BCUT2D eigenvalue weighted by atomic mass is 32.1. The minimum absolute atomic E-state index is 0.185. The summed E-state index contributed by atoms with van der Waals surface area (Å²) in [6, 6.07) is 0.185. The van der Waals surface area contributed by atoms with Crippen molar-refractivity contribution >= 4 is 11.3 Å². The van der Waals surface area contributed by atoms with Crippen LogP contribution in [0, 0.1) is 13.8 Å². The van der Waals surface area contributed by atoms with Gasteiger partial charge in [0.2, 0.25) is 0 Å². The third-order valence-corrected chi connectivity index (χ3v) is 3.51. The van der Waals surface area contributed by atoms with Crippen LogP contribution >= 0.6 is 11.3 Å². The largest absolute Gasteiger partial charge is 0.309 e. The molecular formula is C13H18N4S. The Morgan fingerprint density at radius 3 is 2.67 bits per heavy atom. The topological polar surface area (TPSA) is 50.7 Å². The molecule has 96 valence electrons. The second-order valence-electron chi connectivity index (χ2n) is 4.25. The summed E-state index contributed by atoms with van der Waals surface area (Å²) in [5, 5.41) is 6.66. The number of aryl methyl sites for hydroxylation is 2. The van der Waals surface area contributed by atoms with Crippen LogP contribution in [0.3, 0.4) is 0 Å². The molecule has 0 aliphatic rings. The van der Waals surface area contributed by atoms with Gasteiger partial charge in [0, 0.05) is 18.0 Å². The summed E-state index contributed by atoms with van der Waals surface area (Å²) in [6.07, 6.45) is 4.52. The Morgan fingerprint density at radius 1 is 1.28 bits per heavy atom. The molecule has 0 aliphatic carbocycles. The van der Waals surface area contributed by atoms with Crippen molar-refractivity contribution in [2.24, 2.45) is 0 Å². The highest BCUT2D eigenvalue weighted by Crippen LogP contribution is 2.17. The normalized spacial score (nSPS) is 12.6. The van der Waals surface area contributed by atoms with E-state index >= 15 is 0 Å². The Labute approximate surface area is 112 Å². The fourth-order valence-corrected chi connectivity index (χ4v) is 2.45. The van der Waals surface area contributed by atoms with Crippen molar-refractivity contribution < 1.29 is 0 Å². The van der Waals surface area contributed by atoms with Crippen LogP contribution in [-0.4, -0.2) is 21.5 Å². The van der Waals surface area contributed by atoms with Gasteiger partial charge in [0.15, 0.2) is 0 Å². The predicted molar refractivity (Wildman–Crippen MR) is 73.7 cm³/mol. The summed E-state index contributed by atoms with van der Waals surface area (Å²) >= 11 is 1.69. The van der Waals surface area contributed by atoms with Gasteiger partial charge in [0.1, 0.15) is 0 Å². The number of aromatic nitrogens is 3. The maximum Gasteiger partial charge on any atom is 0.0897 e. The monoisotopic (exact) mass is 262 g/mol. The van der Waals surface area contributed by atoms with E-state index in [4.69, 9.17) is 0 Å². The molecule has 0 aromatic carbocycles. The van der Waals surface area contributed by atoms with Gasteiger partial charge in [-0.2, -0.15) is 0 Å².